The molecule has 0 bridgehead atoms. The lowest BCUT2D eigenvalue weighted by Crippen LogP contribution is -1.99. The smallest absolute Gasteiger partial charge is 0.145 e. The Balaban J connectivity index is 1.86. The van der Waals surface area contributed by atoms with Crippen LogP contribution in [0.15, 0.2) is 72.6 Å². The highest BCUT2D eigenvalue weighted by atomic mass is 15.4. The SMILES string of the molecule is N#CC(C#N)=CNc1ccc(-n2nncc2-c2ccccc2)cc1. The van der Waals surface area contributed by atoms with Crippen molar-refractivity contribution < 1.29 is 0 Å². The molecule has 0 unspecified atom stereocenters. The van der Waals surface area contributed by atoms with Crippen LogP contribution in [0.25, 0.3) is 16.9 Å². The number of allylic oxidation sites excluding steroid dienone is 1. The summed E-state index contributed by atoms with van der Waals surface area (Å²) in [6.45, 7) is 0. The minimum atomic E-state index is 0.0155. The van der Waals surface area contributed by atoms with Crippen LogP contribution in [0.5, 0.6) is 0 Å². The average molecular weight is 312 g/mol. The molecule has 0 aliphatic carbocycles. The topological polar surface area (TPSA) is 90.3 Å². The Kier molecular flexibility index (Phi) is 4.32. The van der Waals surface area contributed by atoms with Crippen molar-refractivity contribution in [2.45, 2.75) is 0 Å². The molecular weight excluding hydrogens is 300 g/mol. The summed E-state index contributed by atoms with van der Waals surface area (Å²) in [6, 6.07) is 20.9. The Morgan fingerprint density at radius 1 is 1.00 bits per heavy atom. The van der Waals surface area contributed by atoms with E-state index in [1.54, 1.807) is 23.0 Å². The largest absolute Gasteiger partial charge is 0.360 e. The number of hydrogen-bond acceptors (Lipinski definition) is 5. The van der Waals surface area contributed by atoms with Crippen LogP contribution in [0.1, 0.15) is 0 Å². The van der Waals surface area contributed by atoms with E-state index in [2.05, 4.69) is 15.6 Å². The van der Waals surface area contributed by atoms with Gasteiger partial charge in [-0.05, 0) is 24.3 Å². The van der Waals surface area contributed by atoms with Crippen LogP contribution in [0, 0.1) is 22.7 Å². The molecule has 1 heterocycles. The van der Waals surface area contributed by atoms with Crippen molar-refractivity contribution in [3.63, 3.8) is 0 Å². The number of anilines is 1. The van der Waals surface area contributed by atoms with Crippen LogP contribution < -0.4 is 5.32 Å². The summed E-state index contributed by atoms with van der Waals surface area (Å²) in [5.41, 5.74) is 3.57. The molecule has 24 heavy (non-hydrogen) atoms. The van der Waals surface area contributed by atoms with E-state index in [9.17, 15) is 0 Å². The first-order valence-electron chi connectivity index (χ1n) is 7.15. The van der Waals surface area contributed by atoms with E-state index in [0.717, 1.165) is 22.6 Å². The fourth-order valence-corrected chi connectivity index (χ4v) is 2.18. The third-order valence-corrected chi connectivity index (χ3v) is 3.35. The Bertz CT molecular complexity index is 924. The molecule has 2 aromatic carbocycles. The lowest BCUT2D eigenvalue weighted by Gasteiger charge is -2.07. The van der Waals surface area contributed by atoms with Gasteiger partial charge in [0.1, 0.15) is 17.7 Å². The van der Waals surface area contributed by atoms with Crippen molar-refractivity contribution in [3.05, 3.63) is 72.6 Å². The summed E-state index contributed by atoms with van der Waals surface area (Å²) in [6.07, 6.45) is 3.09. The van der Waals surface area contributed by atoms with Gasteiger partial charge in [-0.3, -0.25) is 0 Å². The Morgan fingerprint density at radius 3 is 2.38 bits per heavy atom. The quantitative estimate of drug-likeness (QED) is 0.747. The number of aromatic nitrogens is 3. The van der Waals surface area contributed by atoms with Crippen molar-refractivity contribution >= 4 is 5.69 Å². The molecule has 0 amide bonds. The molecule has 6 nitrogen and oxygen atoms in total. The second-order valence-electron chi connectivity index (χ2n) is 4.87. The summed E-state index contributed by atoms with van der Waals surface area (Å²) in [5, 5.41) is 28.5. The normalized spacial score (nSPS) is 9.58. The predicted octanol–water partition coefficient (Wildman–Crippen LogP) is 3.28. The van der Waals surface area contributed by atoms with E-state index in [4.69, 9.17) is 10.5 Å². The van der Waals surface area contributed by atoms with E-state index in [-0.39, 0.29) is 5.57 Å². The van der Waals surface area contributed by atoms with Gasteiger partial charge in [0.15, 0.2) is 0 Å². The minimum Gasteiger partial charge on any atom is -0.360 e. The molecule has 0 fully saturated rings. The highest BCUT2D eigenvalue weighted by Crippen LogP contribution is 2.22. The minimum absolute atomic E-state index is 0.0155. The van der Waals surface area contributed by atoms with Gasteiger partial charge in [0.25, 0.3) is 0 Å². The highest BCUT2D eigenvalue weighted by molar-refractivity contribution is 5.61. The van der Waals surface area contributed by atoms with E-state index < -0.39 is 0 Å². The molecule has 1 N–H and O–H groups in total. The molecule has 114 valence electrons. The number of nitrogens with one attached hydrogen (secondary N) is 1. The second kappa shape index (κ2) is 6.91. The lowest BCUT2D eigenvalue weighted by atomic mass is 10.1. The van der Waals surface area contributed by atoms with E-state index in [0.29, 0.717) is 0 Å². The van der Waals surface area contributed by atoms with Gasteiger partial charge < -0.3 is 5.32 Å². The summed E-state index contributed by atoms with van der Waals surface area (Å²) in [5.74, 6) is 0. The summed E-state index contributed by atoms with van der Waals surface area (Å²) < 4.78 is 1.75. The zero-order chi connectivity index (χ0) is 16.8. The van der Waals surface area contributed by atoms with E-state index in [1.807, 2.05) is 54.6 Å². The predicted molar refractivity (Wildman–Crippen MR) is 89.7 cm³/mol. The van der Waals surface area contributed by atoms with Crippen molar-refractivity contribution in [2.75, 3.05) is 5.32 Å². The van der Waals surface area contributed by atoms with Gasteiger partial charge in [0.05, 0.1) is 17.6 Å². The number of nitrogens with zero attached hydrogens (tertiary/aromatic N) is 5. The van der Waals surface area contributed by atoms with Gasteiger partial charge in [-0.1, -0.05) is 35.5 Å². The maximum atomic E-state index is 8.71. The first-order valence-corrected chi connectivity index (χ1v) is 7.15. The molecule has 3 aromatic rings. The number of benzene rings is 2. The maximum Gasteiger partial charge on any atom is 0.145 e. The van der Waals surface area contributed by atoms with Crippen LogP contribution in [0.4, 0.5) is 5.69 Å². The van der Waals surface area contributed by atoms with Crippen LogP contribution in [-0.2, 0) is 0 Å². The third kappa shape index (κ3) is 3.13. The van der Waals surface area contributed by atoms with Crippen LogP contribution in [0.2, 0.25) is 0 Å². The molecule has 0 aliphatic rings. The van der Waals surface area contributed by atoms with Gasteiger partial charge in [-0.15, -0.1) is 5.10 Å². The molecule has 0 atom stereocenters. The third-order valence-electron chi connectivity index (χ3n) is 3.35. The molecular formula is C18H12N6. The number of hydrogen-bond donors (Lipinski definition) is 1. The van der Waals surface area contributed by atoms with Gasteiger partial charge in [-0.2, -0.15) is 10.5 Å². The number of nitriles is 2. The van der Waals surface area contributed by atoms with Crippen molar-refractivity contribution in [1.29, 1.82) is 10.5 Å². The Hall–Kier alpha value is -3.90. The molecule has 0 spiro atoms. The molecule has 0 radical (unpaired) electrons. The summed E-state index contributed by atoms with van der Waals surface area (Å²) in [7, 11) is 0. The molecule has 0 aliphatic heterocycles. The molecule has 3 rings (SSSR count). The monoisotopic (exact) mass is 312 g/mol. The van der Waals surface area contributed by atoms with Gasteiger partial charge in [0.2, 0.25) is 0 Å². The molecule has 1 aromatic heterocycles. The summed E-state index contributed by atoms with van der Waals surface area (Å²) in [4.78, 5) is 0. The molecule has 0 saturated heterocycles. The van der Waals surface area contributed by atoms with Crippen molar-refractivity contribution in [1.82, 2.24) is 15.0 Å². The number of rotatable bonds is 4. The molecule has 6 heteroatoms. The van der Waals surface area contributed by atoms with Crippen molar-refractivity contribution in [3.8, 4) is 29.1 Å². The zero-order valence-corrected chi connectivity index (χ0v) is 12.6. The standard InChI is InChI=1S/C18H12N6/c19-10-14(11-20)12-21-16-6-8-17(9-7-16)24-18(13-22-23-24)15-4-2-1-3-5-15/h1-9,12-13,21H. The zero-order valence-electron chi connectivity index (χ0n) is 12.6. The van der Waals surface area contributed by atoms with Gasteiger partial charge in [0, 0.05) is 17.5 Å². The first-order chi connectivity index (χ1) is 11.8. The fourth-order valence-electron chi connectivity index (χ4n) is 2.18. The molecule has 0 saturated carbocycles. The fraction of sp³-hybridized carbons (Fsp3) is 0. The van der Waals surface area contributed by atoms with Gasteiger partial charge in [-0.25, -0.2) is 4.68 Å². The van der Waals surface area contributed by atoms with Crippen molar-refractivity contribution in [2.24, 2.45) is 0 Å². The maximum absolute atomic E-state index is 8.71. The van der Waals surface area contributed by atoms with E-state index >= 15 is 0 Å². The highest BCUT2D eigenvalue weighted by Gasteiger charge is 2.08. The van der Waals surface area contributed by atoms with Gasteiger partial charge >= 0.3 is 0 Å². The first kappa shape index (κ1) is 15.0. The van der Waals surface area contributed by atoms with Crippen LogP contribution in [-0.4, -0.2) is 15.0 Å². The average Bonchev–Trinajstić information content (AvgIpc) is 3.13. The summed E-state index contributed by atoms with van der Waals surface area (Å²) >= 11 is 0. The van der Waals surface area contributed by atoms with E-state index in [1.165, 1.54) is 6.20 Å². The Morgan fingerprint density at radius 2 is 1.71 bits per heavy atom. The lowest BCUT2D eigenvalue weighted by molar-refractivity contribution is 0.808. The van der Waals surface area contributed by atoms with Crippen LogP contribution in [0.3, 0.4) is 0 Å². The van der Waals surface area contributed by atoms with Crippen LogP contribution >= 0.6 is 0 Å². The Labute approximate surface area is 138 Å². The second-order valence-corrected chi connectivity index (χ2v) is 4.87.